The number of anilines is 1. The van der Waals surface area contributed by atoms with E-state index in [1.165, 1.54) is 6.42 Å². The largest absolute Gasteiger partial charge is 0.492 e. The van der Waals surface area contributed by atoms with Crippen molar-refractivity contribution >= 4 is 5.82 Å². The van der Waals surface area contributed by atoms with E-state index < -0.39 is 5.56 Å². The molecule has 2 aromatic rings. The van der Waals surface area contributed by atoms with Gasteiger partial charge in [-0.05, 0) is 36.0 Å². The topological polar surface area (TPSA) is 119 Å². The number of aromatic nitrogens is 1. The van der Waals surface area contributed by atoms with Crippen molar-refractivity contribution in [1.82, 2.24) is 9.88 Å². The normalized spacial score (nSPS) is 19.3. The van der Waals surface area contributed by atoms with E-state index in [4.69, 9.17) is 10.5 Å². The van der Waals surface area contributed by atoms with Crippen LogP contribution in [0.3, 0.4) is 0 Å². The first-order chi connectivity index (χ1) is 13.9. The van der Waals surface area contributed by atoms with Crippen LogP contribution in [0, 0.1) is 34.5 Å². The molecule has 2 unspecified atom stereocenters. The summed E-state index contributed by atoms with van der Waals surface area (Å²) in [5.41, 5.74) is 5.91. The van der Waals surface area contributed by atoms with Crippen LogP contribution in [0.1, 0.15) is 31.4 Å². The van der Waals surface area contributed by atoms with Gasteiger partial charge in [-0.2, -0.15) is 10.5 Å². The van der Waals surface area contributed by atoms with Crippen molar-refractivity contribution in [3.63, 3.8) is 0 Å². The molecule has 7 heteroatoms. The molecule has 1 aromatic heterocycles. The van der Waals surface area contributed by atoms with Crippen LogP contribution in [0.15, 0.2) is 29.1 Å². The lowest BCUT2D eigenvalue weighted by molar-refractivity contribution is 0.120. The molecule has 0 bridgehead atoms. The molecule has 1 aromatic carbocycles. The zero-order chi connectivity index (χ0) is 21.0. The van der Waals surface area contributed by atoms with Crippen molar-refractivity contribution in [3.05, 3.63) is 45.7 Å². The standard InChI is InChI=1S/C22H25N5O2/c1-14-8-15(2)13-27(12-14)6-7-29-17-5-3-4-16(9-17)20-18(10-23)21(25)26-22(28)19(20)11-24/h3-5,9,14-15H,6-8,12-13H2,1-2H3,(H3,25,26,28). The SMILES string of the molecule is CC1CC(C)CN(CCOc2cccc(-c3c(C#N)c(N)[nH]c(=O)c3C#N)c2)C1. The van der Waals surface area contributed by atoms with Crippen molar-refractivity contribution < 1.29 is 4.74 Å². The van der Waals surface area contributed by atoms with E-state index in [0.717, 1.165) is 19.6 Å². The van der Waals surface area contributed by atoms with E-state index in [0.29, 0.717) is 29.8 Å². The number of benzene rings is 1. The summed E-state index contributed by atoms with van der Waals surface area (Å²) < 4.78 is 5.92. The summed E-state index contributed by atoms with van der Waals surface area (Å²) in [5.74, 6) is 1.95. The van der Waals surface area contributed by atoms with Crippen molar-refractivity contribution in [2.24, 2.45) is 11.8 Å². The number of nitriles is 2. The smallest absolute Gasteiger partial charge is 0.268 e. The van der Waals surface area contributed by atoms with E-state index in [9.17, 15) is 15.3 Å². The minimum atomic E-state index is -0.612. The van der Waals surface area contributed by atoms with Crippen molar-refractivity contribution in [2.45, 2.75) is 20.3 Å². The van der Waals surface area contributed by atoms with Crippen LogP contribution >= 0.6 is 0 Å². The molecule has 1 fully saturated rings. The third-order valence-electron chi connectivity index (χ3n) is 5.21. The zero-order valence-electron chi connectivity index (χ0n) is 16.7. The van der Waals surface area contributed by atoms with Gasteiger partial charge in [0.1, 0.15) is 41.4 Å². The highest BCUT2D eigenvalue weighted by Crippen LogP contribution is 2.30. The van der Waals surface area contributed by atoms with Crippen molar-refractivity contribution in [1.29, 1.82) is 10.5 Å². The Morgan fingerprint density at radius 3 is 2.55 bits per heavy atom. The average Bonchev–Trinajstić information content (AvgIpc) is 2.67. The van der Waals surface area contributed by atoms with Gasteiger partial charge in [0.2, 0.25) is 0 Å². The Morgan fingerprint density at radius 1 is 1.21 bits per heavy atom. The monoisotopic (exact) mass is 391 g/mol. The number of H-pyrrole nitrogens is 1. The molecule has 3 N–H and O–H groups in total. The van der Waals surface area contributed by atoms with Gasteiger partial charge < -0.3 is 15.5 Å². The Morgan fingerprint density at radius 2 is 1.90 bits per heavy atom. The molecule has 29 heavy (non-hydrogen) atoms. The first-order valence-corrected chi connectivity index (χ1v) is 9.74. The Hall–Kier alpha value is -3.29. The van der Waals surface area contributed by atoms with Crippen LogP contribution in [0.2, 0.25) is 0 Å². The number of nitrogens with zero attached hydrogens (tertiary/aromatic N) is 3. The maximum Gasteiger partial charge on any atom is 0.268 e. The molecular weight excluding hydrogens is 366 g/mol. The zero-order valence-corrected chi connectivity index (χ0v) is 16.7. The summed E-state index contributed by atoms with van der Waals surface area (Å²) in [7, 11) is 0. The number of hydrogen-bond donors (Lipinski definition) is 2. The fourth-order valence-electron chi connectivity index (χ4n) is 4.14. The number of nitrogen functional groups attached to an aromatic ring is 1. The van der Waals surface area contributed by atoms with Crippen LogP contribution in [-0.4, -0.2) is 36.1 Å². The maximum atomic E-state index is 12.1. The van der Waals surface area contributed by atoms with E-state index in [1.54, 1.807) is 18.2 Å². The summed E-state index contributed by atoms with van der Waals surface area (Å²) >= 11 is 0. The van der Waals surface area contributed by atoms with Crippen molar-refractivity contribution in [3.8, 4) is 29.0 Å². The minimum absolute atomic E-state index is 0.0499. The number of ether oxygens (including phenoxy) is 1. The Labute approximate surface area is 170 Å². The van der Waals surface area contributed by atoms with Gasteiger partial charge in [0.15, 0.2) is 0 Å². The van der Waals surface area contributed by atoms with Gasteiger partial charge in [0.25, 0.3) is 5.56 Å². The Kier molecular flexibility index (Phi) is 6.21. The number of piperidine rings is 1. The molecular formula is C22H25N5O2. The second-order valence-corrected chi connectivity index (χ2v) is 7.80. The van der Waals surface area contributed by atoms with Crippen LogP contribution in [0.4, 0.5) is 5.82 Å². The van der Waals surface area contributed by atoms with Crippen LogP contribution in [-0.2, 0) is 0 Å². The highest BCUT2D eigenvalue weighted by molar-refractivity contribution is 5.80. The molecule has 2 heterocycles. The van der Waals surface area contributed by atoms with Gasteiger partial charge in [-0.15, -0.1) is 0 Å². The quantitative estimate of drug-likeness (QED) is 0.809. The highest BCUT2D eigenvalue weighted by Gasteiger charge is 2.21. The van der Waals surface area contributed by atoms with Gasteiger partial charge in [-0.3, -0.25) is 9.69 Å². The van der Waals surface area contributed by atoms with Crippen LogP contribution in [0.5, 0.6) is 5.75 Å². The first-order valence-electron chi connectivity index (χ1n) is 9.74. The lowest BCUT2D eigenvalue weighted by Crippen LogP contribution is -2.40. The third kappa shape index (κ3) is 4.59. The molecule has 150 valence electrons. The Balaban J connectivity index is 1.80. The minimum Gasteiger partial charge on any atom is -0.492 e. The molecule has 7 nitrogen and oxygen atoms in total. The highest BCUT2D eigenvalue weighted by atomic mass is 16.5. The van der Waals surface area contributed by atoms with Crippen LogP contribution < -0.4 is 16.0 Å². The molecule has 2 atom stereocenters. The summed E-state index contributed by atoms with van der Waals surface area (Å²) in [6.45, 7) is 8.09. The van der Waals surface area contributed by atoms with Crippen LogP contribution in [0.25, 0.3) is 11.1 Å². The molecule has 0 saturated carbocycles. The summed E-state index contributed by atoms with van der Waals surface area (Å²) in [5, 5.41) is 18.9. The number of pyridine rings is 1. The number of nitrogens with two attached hydrogens (primary N) is 1. The summed E-state index contributed by atoms with van der Waals surface area (Å²) in [4.78, 5) is 16.9. The number of hydrogen-bond acceptors (Lipinski definition) is 6. The predicted octanol–water partition coefficient (Wildman–Crippen LogP) is 2.72. The van der Waals surface area contributed by atoms with Crippen molar-refractivity contribution in [2.75, 3.05) is 32.0 Å². The average molecular weight is 391 g/mol. The van der Waals surface area contributed by atoms with Gasteiger partial charge in [0.05, 0.1) is 0 Å². The fourth-order valence-corrected chi connectivity index (χ4v) is 4.14. The van der Waals surface area contributed by atoms with E-state index in [2.05, 4.69) is 23.7 Å². The second-order valence-electron chi connectivity index (χ2n) is 7.80. The molecule has 1 saturated heterocycles. The lowest BCUT2D eigenvalue weighted by Gasteiger charge is -2.34. The molecule has 0 aliphatic carbocycles. The first kappa shape index (κ1) is 20.4. The Bertz CT molecular complexity index is 1020. The number of rotatable bonds is 5. The predicted molar refractivity (Wildman–Crippen MR) is 111 cm³/mol. The molecule has 0 amide bonds. The fraction of sp³-hybridized carbons (Fsp3) is 0.409. The number of aromatic amines is 1. The molecule has 3 rings (SSSR count). The number of likely N-dealkylation sites (tertiary alicyclic amines) is 1. The van der Waals surface area contributed by atoms with E-state index in [1.807, 2.05) is 18.2 Å². The third-order valence-corrected chi connectivity index (χ3v) is 5.21. The van der Waals surface area contributed by atoms with Gasteiger partial charge >= 0.3 is 0 Å². The van der Waals surface area contributed by atoms with E-state index >= 15 is 0 Å². The van der Waals surface area contributed by atoms with Gasteiger partial charge in [-0.1, -0.05) is 26.0 Å². The van der Waals surface area contributed by atoms with Gasteiger partial charge in [0, 0.05) is 25.2 Å². The summed E-state index contributed by atoms with van der Waals surface area (Å²) in [6, 6.07) is 10.9. The molecule has 0 spiro atoms. The molecule has 1 aliphatic rings. The second kappa shape index (κ2) is 8.81. The summed E-state index contributed by atoms with van der Waals surface area (Å²) in [6.07, 6.45) is 1.27. The lowest BCUT2D eigenvalue weighted by atomic mass is 9.92. The van der Waals surface area contributed by atoms with E-state index in [-0.39, 0.29) is 22.5 Å². The molecule has 1 aliphatic heterocycles. The number of nitrogens with one attached hydrogen (secondary N) is 1. The molecule has 0 radical (unpaired) electrons. The van der Waals surface area contributed by atoms with Gasteiger partial charge in [-0.25, -0.2) is 0 Å². The maximum absolute atomic E-state index is 12.1.